The third kappa shape index (κ3) is 2.66. The molecule has 0 spiro atoms. The highest BCUT2D eigenvalue weighted by molar-refractivity contribution is 5.88. The van der Waals surface area contributed by atoms with E-state index in [-0.39, 0.29) is 12.2 Å². The van der Waals surface area contributed by atoms with Crippen molar-refractivity contribution in [1.29, 1.82) is 0 Å². The molecular weight excluding hydrogens is 220 g/mol. The predicted molar refractivity (Wildman–Crippen MR) is 61.2 cm³/mol. The molecule has 4 heteroatoms. The summed E-state index contributed by atoms with van der Waals surface area (Å²) in [6, 6.07) is 8.37. The van der Waals surface area contributed by atoms with Crippen molar-refractivity contribution in [3.63, 3.8) is 0 Å². The lowest BCUT2D eigenvalue weighted by molar-refractivity contribution is 0.0696. The summed E-state index contributed by atoms with van der Waals surface area (Å²) in [4.78, 5) is 10.8. The summed E-state index contributed by atoms with van der Waals surface area (Å²) in [6.07, 6.45) is 1.57. The van der Waals surface area contributed by atoms with Crippen LogP contribution in [0, 0.1) is 6.92 Å². The molecule has 1 aromatic carbocycles. The van der Waals surface area contributed by atoms with Gasteiger partial charge in [-0.15, -0.1) is 0 Å². The first-order chi connectivity index (χ1) is 8.16. The molecule has 0 radical (unpaired) electrons. The van der Waals surface area contributed by atoms with Crippen LogP contribution in [-0.2, 0) is 6.61 Å². The van der Waals surface area contributed by atoms with E-state index in [1.54, 1.807) is 30.5 Å². The standard InChI is InChI=1S/C13H12O4/c1-9-4-5-10(13(14)15)7-12(9)17-8-11-3-2-6-16-11/h2-7H,8H2,1H3,(H,14,15). The topological polar surface area (TPSA) is 59.7 Å². The van der Waals surface area contributed by atoms with Crippen molar-refractivity contribution in [2.75, 3.05) is 0 Å². The first-order valence-electron chi connectivity index (χ1n) is 5.16. The fourth-order valence-corrected chi connectivity index (χ4v) is 1.43. The van der Waals surface area contributed by atoms with Gasteiger partial charge in [-0.3, -0.25) is 0 Å². The number of aromatic carboxylic acids is 1. The molecule has 1 heterocycles. The van der Waals surface area contributed by atoms with Crippen molar-refractivity contribution in [2.45, 2.75) is 13.5 Å². The average molecular weight is 232 g/mol. The van der Waals surface area contributed by atoms with Crippen LogP contribution in [0.3, 0.4) is 0 Å². The van der Waals surface area contributed by atoms with E-state index >= 15 is 0 Å². The Morgan fingerprint density at radius 2 is 2.24 bits per heavy atom. The van der Waals surface area contributed by atoms with Gasteiger partial charge in [0, 0.05) is 0 Å². The number of benzene rings is 1. The zero-order valence-corrected chi connectivity index (χ0v) is 9.34. The molecule has 0 aliphatic rings. The second-order valence-corrected chi connectivity index (χ2v) is 3.65. The zero-order valence-electron chi connectivity index (χ0n) is 9.34. The number of carbonyl (C=O) groups is 1. The largest absolute Gasteiger partial charge is 0.485 e. The highest BCUT2D eigenvalue weighted by Crippen LogP contribution is 2.21. The minimum Gasteiger partial charge on any atom is -0.485 e. The van der Waals surface area contributed by atoms with Crippen LogP contribution in [0.5, 0.6) is 5.75 Å². The normalized spacial score (nSPS) is 10.2. The van der Waals surface area contributed by atoms with Crippen LogP contribution >= 0.6 is 0 Å². The van der Waals surface area contributed by atoms with E-state index in [1.165, 1.54) is 6.07 Å². The van der Waals surface area contributed by atoms with Crippen molar-refractivity contribution >= 4 is 5.97 Å². The summed E-state index contributed by atoms with van der Waals surface area (Å²) in [6.45, 7) is 2.15. The fourth-order valence-electron chi connectivity index (χ4n) is 1.43. The first kappa shape index (κ1) is 11.3. The molecule has 1 aromatic heterocycles. The Morgan fingerprint density at radius 1 is 1.41 bits per heavy atom. The number of hydrogen-bond acceptors (Lipinski definition) is 3. The Labute approximate surface area is 98.4 Å². The Balaban J connectivity index is 2.14. The quantitative estimate of drug-likeness (QED) is 0.880. The molecule has 17 heavy (non-hydrogen) atoms. The molecule has 0 amide bonds. The number of carboxylic acid groups (broad SMARTS) is 1. The number of hydrogen-bond donors (Lipinski definition) is 1. The molecule has 0 unspecified atom stereocenters. The third-order valence-corrected chi connectivity index (χ3v) is 2.39. The molecule has 0 saturated heterocycles. The van der Waals surface area contributed by atoms with Gasteiger partial charge in [-0.05, 0) is 36.8 Å². The van der Waals surface area contributed by atoms with Gasteiger partial charge in [0.2, 0.25) is 0 Å². The number of furan rings is 1. The van der Waals surface area contributed by atoms with E-state index in [0.29, 0.717) is 11.5 Å². The van der Waals surface area contributed by atoms with Crippen molar-refractivity contribution in [1.82, 2.24) is 0 Å². The summed E-state index contributed by atoms with van der Waals surface area (Å²) in [7, 11) is 0. The minimum atomic E-state index is -0.965. The predicted octanol–water partition coefficient (Wildman–Crippen LogP) is 2.87. The Hall–Kier alpha value is -2.23. The van der Waals surface area contributed by atoms with Crippen molar-refractivity contribution < 1.29 is 19.1 Å². The molecular formula is C13H12O4. The molecule has 0 aliphatic heterocycles. The van der Waals surface area contributed by atoms with Crippen molar-refractivity contribution in [3.05, 3.63) is 53.5 Å². The number of aryl methyl sites for hydroxylation is 1. The van der Waals surface area contributed by atoms with Gasteiger partial charge in [-0.2, -0.15) is 0 Å². The zero-order chi connectivity index (χ0) is 12.3. The third-order valence-electron chi connectivity index (χ3n) is 2.39. The van der Waals surface area contributed by atoms with E-state index in [0.717, 1.165) is 5.56 Å². The summed E-state index contributed by atoms with van der Waals surface area (Å²) in [5, 5.41) is 8.88. The molecule has 4 nitrogen and oxygen atoms in total. The molecule has 0 aliphatic carbocycles. The summed E-state index contributed by atoms with van der Waals surface area (Å²) in [5.74, 6) is 0.291. The molecule has 0 atom stereocenters. The molecule has 2 aromatic rings. The van der Waals surface area contributed by atoms with E-state index < -0.39 is 5.97 Å². The van der Waals surface area contributed by atoms with Gasteiger partial charge in [0.15, 0.2) is 0 Å². The first-order valence-corrected chi connectivity index (χ1v) is 5.16. The summed E-state index contributed by atoms with van der Waals surface area (Å²) >= 11 is 0. The summed E-state index contributed by atoms with van der Waals surface area (Å²) in [5.41, 5.74) is 1.10. The van der Waals surface area contributed by atoms with Gasteiger partial charge in [-0.25, -0.2) is 4.79 Å². The monoisotopic (exact) mass is 232 g/mol. The van der Waals surface area contributed by atoms with Gasteiger partial charge in [0.25, 0.3) is 0 Å². The number of carboxylic acids is 1. The van der Waals surface area contributed by atoms with Crippen molar-refractivity contribution in [3.8, 4) is 5.75 Å². The Kier molecular flexibility index (Phi) is 3.14. The maximum atomic E-state index is 10.8. The minimum absolute atomic E-state index is 0.213. The van der Waals surface area contributed by atoms with E-state index in [1.807, 2.05) is 6.92 Å². The highest BCUT2D eigenvalue weighted by atomic mass is 16.5. The lowest BCUT2D eigenvalue weighted by Crippen LogP contribution is -2.00. The smallest absolute Gasteiger partial charge is 0.335 e. The fraction of sp³-hybridized carbons (Fsp3) is 0.154. The molecule has 0 saturated carbocycles. The van der Waals surface area contributed by atoms with Crippen LogP contribution in [-0.4, -0.2) is 11.1 Å². The maximum Gasteiger partial charge on any atom is 0.335 e. The highest BCUT2D eigenvalue weighted by Gasteiger charge is 2.07. The van der Waals surface area contributed by atoms with Crippen LogP contribution in [0.1, 0.15) is 21.7 Å². The molecule has 0 fully saturated rings. The maximum absolute atomic E-state index is 10.8. The van der Waals surface area contributed by atoms with Gasteiger partial charge >= 0.3 is 5.97 Å². The Bertz CT molecular complexity index is 514. The lowest BCUT2D eigenvalue weighted by Gasteiger charge is -2.08. The van der Waals surface area contributed by atoms with E-state index in [9.17, 15) is 4.79 Å². The second-order valence-electron chi connectivity index (χ2n) is 3.65. The van der Waals surface area contributed by atoms with Gasteiger partial charge < -0.3 is 14.3 Å². The van der Waals surface area contributed by atoms with E-state index in [2.05, 4.69) is 0 Å². The molecule has 88 valence electrons. The van der Waals surface area contributed by atoms with Crippen LogP contribution in [0.15, 0.2) is 41.0 Å². The van der Waals surface area contributed by atoms with Crippen LogP contribution in [0.2, 0.25) is 0 Å². The summed E-state index contributed by atoms with van der Waals surface area (Å²) < 4.78 is 10.6. The van der Waals surface area contributed by atoms with Gasteiger partial charge in [-0.1, -0.05) is 6.07 Å². The molecule has 2 rings (SSSR count). The lowest BCUT2D eigenvalue weighted by atomic mass is 10.1. The average Bonchev–Trinajstić information content (AvgIpc) is 2.80. The second kappa shape index (κ2) is 4.74. The Morgan fingerprint density at radius 3 is 2.88 bits per heavy atom. The van der Waals surface area contributed by atoms with E-state index in [4.69, 9.17) is 14.3 Å². The number of rotatable bonds is 4. The van der Waals surface area contributed by atoms with Gasteiger partial charge in [0.1, 0.15) is 18.1 Å². The van der Waals surface area contributed by atoms with Crippen LogP contribution < -0.4 is 4.74 Å². The van der Waals surface area contributed by atoms with Crippen molar-refractivity contribution in [2.24, 2.45) is 0 Å². The number of ether oxygens (including phenoxy) is 1. The molecule has 0 bridgehead atoms. The van der Waals surface area contributed by atoms with Crippen LogP contribution in [0.25, 0.3) is 0 Å². The van der Waals surface area contributed by atoms with Crippen LogP contribution in [0.4, 0.5) is 0 Å². The van der Waals surface area contributed by atoms with Gasteiger partial charge in [0.05, 0.1) is 11.8 Å². The molecule has 1 N–H and O–H groups in total. The SMILES string of the molecule is Cc1ccc(C(=O)O)cc1OCc1ccco1.